The predicted octanol–water partition coefficient (Wildman–Crippen LogP) is 3.40. The van der Waals surface area contributed by atoms with Gasteiger partial charge in [-0.25, -0.2) is 9.78 Å². The number of Topliss-reactive ketones (excluding diaryl/α,β-unsaturated/α-hetero) is 1. The highest BCUT2D eigenvalue weighted by Gasteiger charge is 2.36. The van der Waals surface area contributed by atoms with Gasteiger partial charge in [0.15, 0.2) is 23.2 Å². The molecule has 1 aliphatic rings. The zero-order valence-corrected chi connectivity index (χ0v) is 34.8. The van der Waals surface area contributed by atoms with Crippen molar-refractivity contribution in [3.05, 3.63) is 87.5 Å². The molecule has 5 N–H and O–H groups in total. The number of fused-ring (bicyclic) bond motifs is 1. The maximum absolute atomic E-state index is 13.5. The number of ether oxygens (including phenoxy) is 3. The highest BCUT2D eigenvalue weighted by Crippen LogP contribution is 2.30. The van der Waals surface area contributed by atoms with E-state index in [2.05, 4.69) is 25.6 Å². The lowest BCUT2D eigenvalue weighted by Crippen LogP contribution is -2.44. The van der Waals surface area contributed by atoms with Gasteiger partial charge in [0.1, 0.15) is 18.3 Å². The third-order valence-corrected chi connectivity index (χ3v) is 9.84. The molecule has 60 heavy (non-hydrogen) atoms. The number of hydrogen-bond acceptors (Lipinski definition) is 13. The van der Waals surface area contributed by atoms with Crippen LogP contribution < -0.4 is 16.2 Å². The maximum Gasteiger partial charge on any atom is 0.410 e. The Morgan fingerprint density at radius 1 is 1.05 bits per heavy atom. The van der Waals surface area contributed by atoms with Crippen molar-refractivity contribution in [2.45, 2.75) is 104 Å². The van der Waals surface area contributed by atoms with Crippen LogP contribution in [0.3, 0.4) is 0 Å². The molecule has 4 aromatic rings. The molecule has 2 aromatic heterocycles. The molecule has 3 amide bonds. The predicted molar refractivity (Wildman–Crippen MR) is 217 cm³/mol. The number of ketones is 1. The van der Waals surface area contributed by atoms with Crippen molar-refractivity contribution in [1.82, 2.24) is 29.7 Å². The Labute approximate surface area is 346 Å². The van der Waals surface area contributed by atoms with E-state index in [0.717, 1.165) is 0 Å². The Balaban J connectivity index is 1.13. The number of H-pyrrole nitrogens is 1. The molecule has 5 rings (SSSR count). The molecule has 5 atom stereocenters. The maximum atomic E-state index is 13.5. The standard InChI is InChI=1S/C42H53N7O11/c1-23(2)30(18-33(53)60-42(4,5)6)37(55)44-24(3)31(51)16-25-12-14-26(15-13-25)21-58-41(57)48(7)19-27-10-8-9-11-29(27)36(54)46-40-45-35-34(38(56)47-40)43-22-49(35)39-32(52)17-28(20-50)59-39/h8-15,22-24,28,30,32,39,50,52H,16-21H2,1-7H3,(H,44,55)(H2,45,46,47,54,56)/t24-,28-,30-,32+,39+/m0/s1. The van der Waals surface area contributed by atoms with Gasteiger partial charge in [-0.2, -0.15) is 4.98 Å². The molecule has 2 aromatic carbocycles. The number of rotatable bonds is 16. The van der Waals surface area contributed by atoms with Gasteiger partial charge < -0.3 is 34.6 Å². The first-order valence-electron chi connectivity index (χ1n) is 19.6. The van der Waals surface area contributed by atoms with Crippen LogP contribution in [0.4, 0.5) is 10.7 Å². The number of imidazole rings is 1. The molecule has 0 radical (unpaired) electrons. The number of aromatic nitrogens is 4. The van der Waals surface area contributed by atoms with Gasteiger partial charge in [-0.3, -0.25) is 38.8 Å². The molecule has 1 saturated heterocycles. The number of aromatic amines is 1. The van der Waals surface area contributed by atoms with Crippen molar-refractivity contribution < 1.29 is 48.4 Å². The minimum Gasteiger partial charge on any atom is -0.460 e. The fourth-order valence-corrected chi connectivity index (χ4v) is 6.60. The second-order valence-corrected chi connectivity index (χ2v) is 16.2. The zero-order chi connectivity index (χ0) is 43.9. The molecule has 0 saturated carbocycles. The molecule has 18 nitrogen and oxygen atoms in total. The van der Waals surface area contributed by atoms with Gasteiger partial charge in [-0.15, -0.1) is 0 Å². The summed E-state index contributed by atoms with van der Waals surface area (Å²) in [4.78, 5) is 90.0. The minimum atomic E-state index is -0.987. The van der Waals surface area contributed by atoms with Crippen LogP contribution in [0.25, 0.3) is 11.2 Å². The van der Waals surface area contributed by atoms with E-state index in [1.54, 1.807) is 76.2 Å². The first-order valence-corrected chi connectivity index (χ1v) is 19.6. The first-order chi connectivity index (χ1) is 28.3. The highest BCUT2D eigenvalue weighted by molar-refractivity contribution is 6.04. The van der Waals surface area contributed by atoms with Crippen LogP contribution in [-0.2, 0) is 48.2 Å². The van der Waals surface area contributed by atoms with E-state index in [1.807, 2.05) is 13.8 Å². The van der Waals surface area contributed by atoms with Crippen LogP contribution in [0.2, 0.25) is 0 Å². The monoisotopic (exact) mass is 831 g/mol. The van der Waals surface area contributed by atoms with Crippen LogP contribution in [0.5, 0.6) is 0 Å². The van der Waals surface area contributed by atoms with Gasteiger partial charge in [0.2, 0.25) is 11.9 Å². The number of aliphatic hydroxyl groups is 2. The molecule has 0 spiro atoms. The number of anilines is 1. The number of carbonyl (C=O) groups is 5. The summed E-state index contributed by atoms with van der Waals surface area (Å²) in [5, 5.41) is 25.3. The van der Waals surface area contributed by atoms with Gasteiger partial charge in [0, 0.05) is 32.0 Å². The summed E-state index contributed by atoms with van der Waals surface area (Å²) in [6, 6.07) is 12.7. The third-order valence-electron chi connectivity index (χ3n) is 9.84. The quantitative estimate of drug-likeness (QED) is 0.102. The van der Waals surface area contributed by atoms with E-state index in [4.69, 9.17) is 14.2 Å². The number of carbonyl (C=O) groups excluding carboxylic acids is 5. The molecule has 0 aliphatic carbocycles. The van der Waals surface area contributed by atoms with Crippen LogP contribution in [-0.4, -0.2) is 102 Å². The highest BCUT2D eigenvalue weighted by atomic mass is 16.6. The van der Waals surface area contributed by atoms with E-state index in [-0.39, 0.29) is 73.4 Å². The van der Waals surface area contributed by atoms with E-state index in [1.165, 1.54) is 22.8 Å². The van der Waals surface area contributed by atoms with Gasteiger partial charge in [0.25, 0.3) is 11.5 Å². The van der Waals surface area contributed by atoms with Crippen molar-refractivity contribution in [3.63, 3.8) is 0 Å². The number of amides is 3. The topological polar surface area (TPSA) is 244 Å². The Bertz CT molecular complexity index is 2250. The minimum absolute atomic E-state index is 0.00416. The SMILES string of the molecule is CC(C)[C@H](CC(=O)OC(C)(C)C)C(=O)N[C@@H](C)C(=O)Cc1ccc(COC(=O)N(C)Cc2ccccc2C(=O)Nc2nc3c(ncn3[C@@H]3O[C@H](CO)C[C@H]3O)c(=O)[nH]2)cc1. The largest absolute Gasteiger partial charge is 0.460 e. The van der Waals surface area contributed by atoms with Crippen LogP contribution in [0, 0.1) is 11.8 Å². The van der Waals surface area contributed by atoms with Gasteiger partial charge >= 0.3 is 12.1 Å². The summed E-state index contributed by atoms with van der Waals surface area (Å²) in [6.45, 7) is 10.2. The Morgan fingerprint density at radius 2 is 1.73 bits per heavy atom. The van der Waals surface area contributed by atoms with Crippen LogP contribution in [0.1, 0.15) is 87.7 Å². The number of benzene rings is 2. The van der Waals surface area contributed by atoms with Gasteiger partial charge in [0.05, 0.1) is 37.4 Å². The molecule has 1 aliphatic heterocycles. The first kappa shape index (κ1) is 45.1. The van der Waals surface area contributed by atoms with Gasteiger partial charge in [-0.1, -0.05) is 56.3 Å². The Kier molecular flexibility index (Phi) is 14.6. The number of aliphatic hydroxyl groups excluding tert-OH is 2. The van der Waals surface area contributed by atoms with Crippen LogP contribution in [0.15, 0.2) is 59.7 Å². The van der Waals surface area contributed by atoms with Crippen molar-refractivity contribution in [2.24, 2.45) is 11.8 Å². The molecular formula is C42H53N7O11. The summed E-state index contributed by atoms with van der Waals surface area (Å²) >= 11 is 0. The number of hydrogen-bond donors (Lipinski definition) is 5. The van der Waals surface area contributed by atoms with Crippen molar-refractivity contribution in [2.75, 3.05) is 19.0 Å². The van der Waals surface area contributed by atoms with E-state index in [9.17, 15) is 39.0 Å². The van der Waals surface area contributed by atoms with Crippen molar-refractivity contribution >= 4 is 46.8 Å². The van der Waals surface area contributed by atoms with Gasteiger partial charge in [-0.05, 0) is 56.4 Å². The fourth-order valence-electron chi connectivity index (χ4n) is 6.60. The molecule has 0 unspecified atom stereocenters. The normalized spacial score (nSPS) is 17.5. The average Bonchev–Trinajstić information content (AvgIpc) is 3.78. The number of nitrogens with zero attached hydrogens (tertiary/aromatic N) is 4. The summed E-state index contributed by atoms with van der Waals surface area (Å²) in [5.41, 5.74) is 0.743. The van der Waals surface area contributed by atoms with E-state index >= 15 is 0 Å². The lowest BCUT2D eigenvalue weighted by molar-refractivity contribution is -0.158. The fraction of sp³-hybridized carbons (Fsp3) is 0.476. The number of esters is 1. The Hall–Kier alpha value is -5.98. The third kappa shape index (κ3) is 11.6. The average molecular weight is 832 g/mol. The molecule has 322 valence electrons. The molecule has 1 fully saturated rings. The van der Waals surface area contributed by atoms with E-state index < -0.39 is 65.4 Å². The summed E-state index contributed by atoms with van der Waals surface area (Å²) in [5.74, 6) is -2.70. The number of nitrogens with one attached hydrogen (secondary N) is 3. The van der Waals surface area contributed by atoms with E-state index in [0.29, 0.717) is 16.7 Å². The second-order valence-electron chi connectivity index (χ2n) is 16.2. The zero-order valence-electron chi connectivity index (χ0n) is 34.8. The summed E-state index contributed by atoms with van der Waals surface area (Å²) in [7, 11) is 1.52. The lowest BCUT2D eigenvalue weighted by atomic mass is 9.91. The smallest absolute Gasteiger partial charge is 0.410 e. The van der Waals surface area contributed by atoms with Crippen molar-refractivity contribution in [3.8, 4) is 0 Å². The van der Waals surface area contributed by atoms with Crippen molar-refractivity contribution in [1.29, 1.82) is 0 Å². The van der Waals surface area contributed by atoms with Crippen LogP contribution >= 0.6 is 0 Å². The molecule has 3 heterocycles. The summed E-state index contributed by atoms with van der Waals surface area (Å²) in [6.07, 6.45) is -1.78. The second kappa shape index (κ2) is 19.4. The Morgan fingerprint density at radius 3 is 2.38 bits per heavy atom. The molecule has 18 heteroatoms. The molecular weight excluding hydrogens is 778 g/mol. The summed E-state index contributed by atoms with van der Waals surface area (Å²) < 4.78 is 18.0. The lowest BCUT2D eigenvalue weighted by Gasteiger charge is -2.25. The molecule has 0 bridgehead atoms.